The molecule has 1 aliphatic rings. The second kappa shape index (κ2) is 6.44. The predicted molar refractivity (Wildman–Crippen MR) is 58.8 cm³/mol. The van der Waals surface area contributed by atoms with Crippen LogP contribution in [0.2, 0.25) is 0 Å². The summed E-state index contributed by atoms with van der Waals surface area (Å²) >= 11 is 5.51. The number of ether oxygens (including phenoxy) is 2. The Bertz CT molecular complexity index is 172. The molecule has 0 saturated carbocycles. The van der Waals surface area contributed by atoms with Crippen LogP contribution in [0.3, 0.4) is 0 Å². The molecular weight excluding hydrogens is 200 g/mol. The Morgan fingerprint density at radius 3 is 2.50 bits per heavy atom. The van der Waals surface area contributed by atoms with Crippen molar-refractivity contribution in [1.29, 1.82) is 0 Å². The van der Waals surface area contributed by atoms with E-state index in [0.29, 0.717) is 30.8 Å². The van der Waals surface area contributed by atoms with Gasteiger partial charge in [-0.25, -0.2) is 0 Å². The topological polar surface area (TPSA) is 18.5 Å². The second-order valence-electron chi connectivity index (χ2n) is 3.81. The lowest BCUT2D eigenvalue weighted by Gasteiger charge is -2.31. The summed E-state index contributed by atoms with van der Waals surface area (Å²) < 4.78 is 11.3. The molecule has 3 heteroatoms. The third-order valence-corrected chi connectivity index (χ3v) is 2.52. The minimum Gasteiger partial charge on any atom is -0.375 e. The third-order valence-electron chi connectivity index (χ3n) is 2.34. The van der Waals surface area contributed by atoms with Crippen molar-refractivity contribution in [3.8, 4) is 0 Å². The Morgan fingerprint density at radius 1 is 1.29 bits per heavy atom. The Morgan fingerprint density at radius 2 is 1.93 bits per heavy atom. The molecular formula is C11H19ClO2. The molecule has 1 heterocycles. The molecule has 82 valence electrons. The molecule has 0 aromatic heterocycles. The second-order valence-corrected chi connectivity index (χ2v) is 4.12. The van der Waals surface area contributed by atoms with Gasteiger partial charge in [-0.15, -0.1) is 11.6 Å². The van der Waals surface area contributed by atoms with Gasteiger partial charge in [-0.1, -0.05) is 12.2 Å². The van der Waals surface area contributed by atoms with Crippen LogP contribution in [-0.2, 0) is 9.47 Å². The van der Waals surface area contributed by atoms with Gasteiger partial charge in [-0.2, -0.15) is 0 Å². The minimum atomic E-state index is 0.320. The van der Waals surface area contributed by atoms with Crippen LogP contribution < -0.4 is 0 Å². The molecule has 0 spiro atoms. The Kier molecular flexibility index (Phi) is 5.53. The number of halogens is 1. The zero-order chi connectivity index (χ0) is 10.4. The van der Waals surface area contributed by atoms with Gasteiger partial charge in [0, 0.05) is 5.88 Å². The summed E-state index contributed by atoms with van der Waals surface area (Å²) in [6.07, 6.45) is 6.86. The van der Waals surface area contributed by atoms with E-state index in [1.165, 1.54) is 0 Å². The fourth-order valence-electron chi connectivity index (χ4n) is 1.80. The van der Waals surface area contributed by atoms with Gasteiger partial charge >= 0.3 is 0 Å². The fourth-order valence-corrected chi connectivity index (χ4v) is 1.93. The molecule has 14 heavy (non-hydrogen) atoms. The maximum absolute atomic E-state index is 5.70. The van der Waals surface area contributed by atoms with E-state index in [1.54, 1.807) is 0 Å². The Balaban J connectivity index is 2.20. The van der Waals surface area contributed by atoms with Crippen molar-refractivity contribution in [3.05, 3.63) is 12.2 Å². The van der Waals surface area contributed by atoms with Gasteiger partial charge in [0.1, 0.15) is 0 Å². The molecule has 0 radical (unpaired) electrons. The van der Waals surface area contributed by atoms with Crippen LogP contribution in [0.4, 0.5) is 0 Å². The molecule has 1 fully saturated rings. The molecule has 1 aliphatic heterocycles. The zero-order valence-corrected chi connectivity index (χ0v) is 9.67. The predicted octanol–water partition coefficient (Wildman–Crippen LogP) is 2.75. The summed E-state index contributed by atoms with van der Waals surface area (Å²) in [6, 6.07) is 0. The smallest absolute Gasteiger partial charge is 0.0651 e. The van der Waals surface area contributed by atoms with Crippen LogP contribution in [0.15, 0.2) is 12.2 Å². The highest BCUT2D eigenvalue weighted by atomic mass is 35.5. The molecule has 2 nitrogen and oxygen atoms in total. The van der Waals surface area contributed by atoms with E-state index in [1.807, 2.05) is 12.2 Å². The van der Waals surface area contributed by atoms with Crippen LogP contribution in [0.5, 0.6) is 0 Å². The molecule has 0 N–H and O–H groups in total. The molecule has 2 unspecified atom stereocenters. The molecule has 0 aromatic carbocycles. The monoisotopic (exact) mass is 218 g/mol. The van der Waals surface area contributed by atoms with E-state index in [2.05, 4.69) is 13.8 Å². The van der Waals surface area contributed by atoms with Crippen LogP contribution in [0.1, 0.15) is 26.7 Å². The first-order chi connectivity index (χ1) is 6.72. The SMILES string of the molecule is CC1CC(OC/C=C/CCl)CC(C)O1. The minimum absolute atomic E-state index is 0.320. The summed E-state index contributed by atoms with van der Waals surface area (Å²) in [5, 5.41) is 0. The number of rotatable bonds is 4. The van der Waals surface area contributed by atoms with Crippen LogP contribution in [0.25, 0.3) is 0 Å². The maximum Gasteiger partial charge on any atom is 0.0651 e. The van der Waals surface area contributed by atoms with E-state index in [9.17, 15) is 0 Å². The Labute approximate surface area is 91.2 Å². The van der Waals surface area contributed by atoms with Crippen molar-refractivity contribution in [2.75, 3.05) is 12.5 Å². The van der Waals surface area contributed by atoms with Crippen molar-refractivity contribution in [2.24, 2.45) is 0 Å². The van der Waals surface area contributed by atoms with Gasteiger partial charge in [0.25, 0.3) is 0 Å². The van der Waals surface area contributed by atoms with Crippen molar-refractivity contribution >= 4 is 11.6 Å². The Hall–Kier alpha value is -0.0500. The quantitative estimate of drug-likeness (QED) is 0.534. The lowest BCUT2D eigenvalue weighted by Crippen LogP contribution is -2.34. The third kappa shape index (κ3) is 4.45. The standard InChI is InChI=1S/C11H19ClO2/c1-9-7-11(8-10(2)14-9)13-6-4-3-5-12/h3-4,9-11H,5-8H2,1-2H3/b4-3+. The summed E-state index contributed by atoms with van der Waals surface area (Å²) in [5.41, 5.74) is 0. The molecule has 1 saturated heterocycles. The lowest BCUT2D eigenvalue weighted by molar-refractivity contribution is -0.0968. The van der Waals surface area contributed by atoms with Crippen LogP contribution in [-0.4, -0.2) is 30.8 Å². The lowest BCUT2D eigenvalue weighted by atomic mass is 10.0. The molecule has 0 aromatic rings. The van der Waals surface area contributed by atoms with Crippen molar-refractivity contribution < 1.29 is 9.47 Å². The van der Waals surface area contributed by atoms with E-state index < -0.39 is 0 Å². The highest BCUT2D eigenvalue weighted by Crippen LogP contribution is 2.21. The average molecular weight is 219 g/mol. The summed E-state index contributed by atoms with van der Waals surface area (Å²) in [5.74, 6) is 0.559. The summed E-state index contributed by atoms with van der Waals surface area (Å²) in [4.78, 5) is 0. The van der Waals surface area contributed by atoms with Crippen molar-refractivity contribution in [2.45, 2.75) is 45.0 Å². The average Bonchev–Trinajstić information content (AvgIpc) is 2.11. The van der Waals surface area contributed by atoms with Gasteiger partial charge in [-0.3, -0.25) is 0 Å². The van der Waals surface area contributed by atoms with E-state index in [4.69, 9.17) is 21.1 Å². The number of hydrogen-bond acceptors (Lipinski definition) is 2. The summed E-state index contributed by atoms with van der Waals surface area (Å²) in [7, 11) is 0. The first-order valence-corrected chi connectivity index (χ1v) is 5.74. The van der Waals surface area contributed by atoms with Gasteiger partial charge in [0.15, 0.2) is 0 Å². The van der Waals surface area contributed by atoms with E-state index >= 15 is 0 Å². The molecule has 0 amide bonds. The first-order valence-electron chi connectivity index (χ1n) is 5.20. The highest BCUT2D eigenvalue weighted by Gasteiger charge is 2.24. The van der Waals surface area contributed by atoms with Gasteiger partial charge in [0.2, 0.25) is 0 Å². The van der Waals surface area contributed by atoms with Crippen molar-refractivity contribution in [1.82, 2.24) is 0 Å². The van der Waals surface area contributed by atoms with Gasteiger partial charge in [0.05, 0.1) is 24.9 Å². The first kappa shape index (κ1) is 12.0. The van der Waals surface area contributed by atoms with Crippen LogP contribution >= 0.6 is 11.6 Å². The van der Waals surface area contributed by atoms with Crippen molar-refractivity contribution in [3.63, 3.8) is 0 Å². The largest absolute Gasteiger partial charge is 0.375 e. The normalized spacial score (nSPS) is 33.8. The van der Waals surface area contributed by atoms with E-state index in [0.717, 1.165) is 12.8 Å². The highest BCUT2D eigenvalue weighted by molar-refractivity contribution is 6.18. The van der Waals surface area contributed by atoms with E-state index in [-0.39, 0.29) is 0 Å². The number of alkyl halides is 1. The molecule has 0 bridgehead atoms. The van der Waals surface area contributed by atoms with Gasteiger partial charge < -0.3 is 9.47 Å². The zero-order valence-electron chi connectivity index (χ0n) is 8.91. The molecule has 1 rings (SSSR count). The molecule has 0 aliphatic carbocycles. The maximum atomic E-state index is 5.70. The van der Waals surface area contributed by atoms with Crippen LogP contribution in [0, 0.1) is 0 Å². The molecule has 2 atom stereocenters. The number of allylic oxidation sites excluding steroid dienone is 1. The number of hydrogen-bond donors (Lipinski definition) is 0. The summed E-state index contributed by atoms with van der Waals surface area (Å²) in [6.45, 7) is 4.86. The fraction of sp³-hybridized carbons (Fsp3) is 0.818. The van der Waals surface area contributed by atoms with Gasteiger partial charge in [-0.05, 0) is 26.7 Å².